The first kappa shape index (κ1) is 12.5. The van der Waals surface area contributed by atoms with Gasteiger partial charge in [-0.3, -0.25) is 0 Å². The summed E-state index contributed by atoms with van der Waals surface area (Å²) < 4.78 is 3.39. The van der Waals surface area contributed by atoms with Gasteiger partial charge in [0.25, 0.3) is 0 Å². The first-order valence-corrected chi connectivity index (χ1v) is 28.2. The Bertz CT molecular complexity index is 104. The van der Waals surface area contributed by atoms with Crippen LogP contribution in [0.5, 0.6) is 0 Å². The van der Waals surface area contributed by atoms with Crippen molar-refractivity contribution in [2.75, 3.05) is 0 Å². The van der Waals surface area contributed by atoms with Crippen molar-refractivity contribution in [2.24, 2.45) is 0 Å². The summed E-state index contributed by atoms with van der Waals surface area (Å²) in [7, 11) is 0. The molecule has 1 rings (SSSR count). The van der Waals surface area contributed by atoms with Crippen LogP contribution < -0.4 is 0 Å². The van der Waals surface area contributed by atoms with Gasteiger partial charge in [0.1, 0.15) is 0 Å². The molecule has 0 aromatic carbocycles. The van der Waals surface area contributed by atoms with Crippen molar-refractivity contribution in [3.8, 4) is 0 Å². The van der Waals surface area contributed by atoms with Crippen molar-refractivity contribution < 1.29 is 0 Å². The van der Waals surface area contributed by atoms with Gasteiger partial charge in [0.2, 0.25) is 0 Å². The van der Waals surface area contributed by atoms with E-state index in [1.165, 1.54) is 12.8 Å². The summed E-state index contributed by atoms with van der Waals surface area (Å²) in [4.78, 5) is 0. The molecule has 1 saturated heterocycles. The van der Waals surface area contributed by atoms with E-state index < -0.39 is 37.6 Å². The molecule has 0 aliphatic carbocycles. The van der Waals surface area contributed by atoms with Crippen molar-refractivity contribution in [3.63, 3.8) is 0 Å². The van der Waals surface area contributed by atoms with E-state index in [0.717, 1.165) is 0 Å². The van der Waals surface area contributed by atoms with E-state index in [4.69, 9.17) is 0 Å². The van der Waals surface area contributed by atoms with E-state index in [9.17, 15) is 0 Å². The Morgan fingerprint density at radius 1 is 0.833 bits per heavy atom. The summed E-state index contributed by atoms with van der Waals surface area (Å²) >= 11 is -1.54. The van der Waals surface area contributed by atoms with E-state index in [0.29, 0.717) is 0 Å². The normalized spacial score (nSPS) is 19.5. The number of rotatable bonds is 6. The Morgan fingerprint density at radius 2 is 1.25 bits per heavy atom. The molecule has 0 unspecified atom stereocenters. The number of hydrogen-bond donors (Lipinski definition) is 0. The van der Waals surface area contributed by atoms with Gasteiger partial charge in [-0.2, -0.15) is 0 Å². The predicted octanol–water partition coefficient (Wildman–Crippen LogP) is 4.04. The second-order valence-corrected chi connectivity index (χ2v) is 68.7. The number of hydrogen-bond acceptors (Lipinski definition) is 2. The fourth-order valence-electron chi connectivity index (χ4n) is 0.947. The SMILES string of the molecule is CCC[CH2][Bi]1[S][Bi]([CH2]CCC)[S]1. The topological polar surface area (TPSA) is 0 Å². The summed E-state index contributed by atoms with van der Waals surface area (Å²) in [6.07, 6.45) is 5.95. The van der Waals surface area contributed by atoms with Crippen molar-refractivity contribution in [1.82, 2.24) is 0 Å². The van der Waals surface area contributed by atoms with Crippen LogP contribution in [0.25, 0.3) is 0 Å². The van der Waals surface area contributed by atoms with Gasteiger partial charge in [-0.05, 0) is 0 Å². The summed E-state index contributed by atoms with van der Waals surface area (Å²) in [6.45, 7) is 4.66. The minimum absolute atomic E-state index is 0.772. The molecule has 0 N–H and O–H groups in total. The summed E-state index contributed by atoms with van der Waals surface area (Å²) in [5.74, 6) is 0. The van der Waals surface area contributed by atoms with E-state index in [2.05, 4.69) is 24.4 Å². The molecule has 0 saturated carbocycles. The van der Waals surface area contributed by atoms with Crippen LogP contribution in [0.15, 0.2) is 0 Å². The maximum absolute atomic E-state index is 2.62. The molecule has 0 nitrogen and oxygen atoms in total. The first-order chi connectivity index (χ1) is 5.86. The molecule has 0 spiro atoms. The molecule has 0 bridgehead atoms. The molecular weight excluding hydrogens is 578 g/mol. The molecule has 4 heteroatoms. The van der Waals surface area contributed by atoms with Crippen LogP contribution in [-0.4, -0.2) is 37.6 Å². The van der Waals surface area contributed by atoms with Gasteiger partial charge < -0.3 is 0 Å². The zero-order chi connectivity index (χ0) is 8.81. The van der Waals surface area contributed by atoms with Crippen molar-refractivity contribution >= 4 is 48.2 Å². The van der Waals surface area contributed by atoms with Gasteiger partial charge in [0.15, 0.2) is 0 Å². The molecule has 0 aromatic rings. The van der Waals surface area contributed by atoms with Gasteiger partial charge >= 0.3 is 96.0 Å². The monoisotopic (exact) mass is 596 g/mol. The minimum atomic E-state index is -0.772. The zero-order valence-electron chi connectivity index (χ0n) is 7.95. The van der Waals surface area contributed by atoms with Crippen LogP contribution in [-0.2, 0) is 0 Å². The summed E-state index contributed by atoms with van der Waals surface area (Å²) in [6, 6.07) is 0. The van der Waals surface area contributed by atoms with E-state index in [1.54, 1.807) is 21.1 Å². The van der Waals surface area contributed by atoms with Crippen LogP contribution in [0.2, 0.25) is 8.26 Å². The van der Waals surface area contributed by atoms with Crippen LogP contribution in [0.4, 0.5) is 0 Å². The zero-order valence-corrected chi connectivity index (χ0v) is 16.5. The number of unbranched alkanes of at least 4 members (excludes halogenated alkanes) is 2. The van der Waals surface area contributed by atoms with Gasteiger partial charge in [0, 0.05) is 0 Å². The fraction of sp³-hybridized carbons (Fsp3) is 1.00. The standard InChI is InChI=1S/2C4H9.2Bi.2S/c2*1-3-4-2;;;;/h2*1,3-4H2,2H3;;;;. The fourth-order valence-corrected chi connectivity index (χ4v) is 155. The Hall–Kier alpha value is 2.47. The van der Waals surface area contributed by atoms with Crippen molar-refractivity contribution in [1.29, 1.82) is 0 Å². The first-order valence-electron chi connectivity index (χ1n) is 4.78. The maximum atomic E-state index is 2.62. The van der Waals surface area contributed by atoms with E-state index in [1.807, 2.05) is 0 Å². The van der Waals surface area contributed by atoms with Crippen LogP contribution in [0.3, 0.4) is 0 Å². The molecule has 72 valence electrons. The molecule has 0 radical (unpaired) electrons. The Morgan fingerprint density at radius 3 is 1.58 bits per heavy atom. The van der Waals surface area contributed by atoms with Gasteiger partial charge in [0.05, 0.1) is 0 Å². The molecule has 0 atom stereocenters. The molecular formula is C8H18Bi2S2. The molecule has 1 aliphatic heterocycles. The van der Waals surface area contributed by atoms with Crippen LogP contribution >= 0.6 is 10.5 Å². The predicted molar refractivity (Wildman–Crippen MR) is 66.1 cm³/mol. The molecule has 1 fully saturated rings. The average molecular weight is 596 g/mol. The third-order valence-electron chi connectivity index (χ3n) is 1.75. The summed E-state index contributed by atoms with van der Waals surface area (Å²) in [5.41, 5.74) is 0. The average Bonchev–Trinajstić information content (AvgIpc) is 2.01. The second kappa shape index (κ2) is 7.72. The molecule has 0 amide bonds. The molecule has 12 heavy (non-hydrogen) atoms. The quantitative estimate of drug-likeness (QED) is 0.425. The van der Waals surface area contributed by atoms with E-state index >= 15 is 0 Å². The van der Waals surface area contributed by atoms with E-state index in [-0.39, 0.29) is 0 Å². The second-order valence-electron chi connectivity index (χ2n) is 2.98. The Labute approximate surface area is 94.4 Å². The van der Waals surface area contributed by atoms with Gasteiger partial charge in [-0.1, -0.05) is 0 Å². The van der Waals surface area contributed by atoms with Gasteiger partial charge in [-0.15, -0.1) is 0 Å². The Balaban J connectivity index is 1.89. The third kappa shape index (κ3) is 4.81. The molecule has 1 heterocycles. The Kier molecular flexibility index (Phi) is 8.06. The van der Waals surface area contributed by atoms with Crippen LogP contribution in [0, 0.1) is 0 Å². The summed E-state index contributed by atoms with van der Waals surface area (Å²) in [5, 5.41) is 5.25. The van der Waals surface area contributed by atoms with Crippen molar-refractivity contribution in [3.05, 3.63) is 0 Å². The van der Waals surface area contributed by atoms with Crippen LogP contribution in [0.1, 0.15) is 39.5 Å². The van der Waals surface area contributed by atoms with Gasteiger partial charge in [-0.25, -0.2) is 0 Å². The molecule has 0 aromatic heterocycles. The third-order valence-corrected chi connectivity index (χ3v) is 159. The molecule has 1 aliphatic rings. The van der Waals surface area contributed by atoms with Crippen molar-refractivity contribution in [2.45, 2.75) is 47.8 Å².